The van der Waals surface area contributed by atoms with E-state index in [0.29, 0.717) is 18.4 Å². The van der Waals surface area contributed by atoms with E-state index in [0.717, 1.165) is 16.9 Å². The SMILES string of the molecule is CC.CC.CN(C)c1ccc(C2(C)CCc3[nH]c(=O)ccc3C2=O)cc1. The molecular formula is C22H32N2O2. The summed E-state index contributed by atoms with van der Waals surface area (Å²) in [5, 5.41) is 0. The minimum atomic E-state index is -0.532. The second-order valence-electron chi connectivity index (χ2n) is 6.32. The fraction of sp³-hybridized carbons (Fsp3) is 0.455. The highest BCUT2D eigenvalue weighted by Gasteiger charge is 2.40. The average molecular weight is 357 g/mol. The van der Waals surface area contributed by atoms with E-state index < -0.39 is 5.41 Å². The summed E-state index contributed by atoms with van der Waals surface area (Å²) in [6.45, 7) is 9.99. The Morgan fingerprint density at radius 1 is 0.923 bits per heavy atom. The predicted octanol–water partition coefficient (Wildman–Crippen LogP) is 4.58. The molecule has 0 amide bonds. The second-order valence-corrected chi connectivity index (χ2v) is 6.32. The van der Waals surface area contributed by atoms with Crippen LogP contribution in [0.15, 0.2) is 41.2 Å². The molecule has 0 aliphatic heterocycles. The lowest BCUT2D eigenvalue weighted by Crippen LogP contribution is -2.38. The molecule has 0 spiro atoms. The Bertz CT molecular complexity index is 775. The first-order valence-corrected chi connectivity index (χ1v) is 9.47. The molecule has 0 saturated carbocycles. The number of rotatable bonds is 2. The van der Waals surface area contributed by atoms with E-state index in [4.69, 9.17) is 0 Å². The number of hydrogen-bond acceptors (Lipinski definition) is 3. The number of Topliss-reactive ketones (excluding diaryl/α,β-unsaturated/α-hetero) is 1. The number of nitrogens with one attached hydrogen (secondary N) is 1. The number of hydrogen-bond donors (Lipinski definition) is 1. The maximum Gasteiger partial charge on any atom is 0.248 e. The van der Waals surface area contributed by atoms with Gasteiger partial charge in [-0.2, -0.15) is 0 Å². The molecule has 2 aromatic rings. The van der Waals surface area contributed by atoms with Gasteiger partial charge in [0.05, 0.1) is 5.41 Å². The van der Waals surface area contributed by atoms with Crippen LogP contribution in [0.2, 0.25) is 0 Å². The van der Waals surface area contributed by atoms with Gasteiger partial charge in [-0.25, -0.2) is 0 Å². The molecule has 4 nitrogen and oxygen atoms in total. The molecule has 1 unspecified atom stereocenters. The van der Waals surface area contributed by atoms with E-state index in [1.54, 1.807) is 6.07 Å². The van der Waals surface area contributed by atoms with Gasteiger partial charge in [-0.05, 0) is 43.5 Å². The van der Waals surface area contributed by atoms with Crippen LogP contribution < -0.4 is 10.5 Å². The lowest BCUT2D eigenvalue weighted by atomic mass is 9.69. The predicted molar refractivity (Wildman–Crippen MR) is 111 cm³/mol. The van der Waals surface area contributed by atoms with Crippen LogP contribution >= 0.6 is 0 Å². The highest BCUT2D eigenvalue weighted by molar-refractivity contribution is 6.05. The number of aromatic amines is 1. The van der Waals surface area contributed by atoms with E-state index >= 15 is 0 Å². The smallest absolute Gasteiger partial charge is 0.248 e. The number of benzene rings is 1. The number of aryl methyl sites for hydroxylation is 1. The molecule has 26 heavy (non-hydrogen) atoms. The van der Waals surface area contributed by atoms with E-state index in [1.165, 1.54) is 6.07 Å². The maximum atomic E-state index is 12.9. The molecule has 1 aliphatic carbocycles. The third-order valence-electron chi connectivity index (χ3n) is 4.64. The van der Waals surface area contributed by atoms with Gasteiger partial charge in [0.25, 0.3) is 0 Å². The molecule has 142 valence electrons. The molecule has 1 N–H and O–H groups in total. The van der Waals surface area contributed by atoms with Crippen LogP contribution in [-0.4, -0.2) is 24.9 Å². The second kappa shape index (κ2) is 9.37. The molecule has 0 bridgehead atoms. The summed E-state index contributed by atoms with van der Waals surface area (Å²) in [6, 6.07) is 11.2. The maximum absolute atomic E-state index is 12.9. The third-order valence-corrected chi connectivity index (χ3v) is 4.64. The molecule has 1 heterocycles. The lowest BCUT2D eigenvalue weighted by molar-refractivity contribution is 0.0874. The van der Waals surface area contributed by atoms with Gasteiger partial charge < -0.3 is 9.88 Å². The Kier molecular flexibility index (Phi) is 7.81. The normalized spacial score (nSPS) is 17.9. The Labute approximate surface area is 157 Å². The van der Waals surface area contributed by atoms with E-state index in [2.05, 4.69) is 4.98 Å². The summed E-state index contributed by atoms with van der Waals surface area (Å²) >= 11 is 0. The molecular weight excluding hydrogens is 324 g/mol. The van der Waals surface area contributed by atoms with Crippen molar-refractivity contribution in [3.05, 3.63) is 63.6 Å². The first kappa shape index (κ1) is 21.7. The summed E-state index contributed by atoms with van der Waals surface area (Å²) in [5.74, 6) is 0.0857. The van der Waals surface area contributed by atoms with Crippen LogP contribution in [0.3, 0.4) is 0 Å². The number of nitrogens with zero attached hydrogens (tertiary/aromatic N) is 1. The Balaban J connectivity index is 0.000000791. The van der Waals surface area contributed by atoms with Gasteiger partial charge in [-0.15, -0.1) is 0 Å². The van der Waals surface area contributed by atoms with E-state index in [1.807, 2.05) is 77.9 Å². The first-order valence-electron chi connectivity index (χ1n) is 9.47. The van der Waals surface area contributed by atoms with Crippen molar-refractivity contribution in [3.63, 3.8) is 0 Å². The van der Waals surface area contributed by atoms with Crippen molar-refractivity contribution in [2.75, 3.05) is 19.0 Å². The fourth-order valence-electron chi connectivity index (χ4n) is 3.12. The van der Waals surface area contributed by atoms with Crippen molar-refractivity contribution < 1.29 is 4.79 Å². The number of H-pyrrole nitrogens is 1. The number of carbonyl (C=O) groups excluding carboxylic acids is 1. The fourth-order valence-corrected chi connectivity index (χ4v) is 3.12. The molecule has 1 aromatic heterocycles. The number of fused-ring (bicyclic) bond motifs is 1. The summed E-state index contributed by atoms with van der Waals surface area (Å²) in [5.41, 5.74) is 2.87. The zero-order valence-corrected chi connectivity index (χ0v) is 17.1. The Hall–Kier alpha value is -2.36. The van der Waals surface area contributed by atoms with Crippen LogP contribution in [0.1, 0.15) is 62.7 Å². The Morgan fingerprint density at radius 3 is 2.04 bits per heavy atom. The summed E-state index contributed by atoms with van der Waals surface area (Å²) in [4.78, 5) is 29.2. The highest BCUT2D eigenvalue weighted by atomic mass is 16.1. The topological polar surface area (TPSA) is 53.2 Å². The van der Waals surface area contributed by atoms with Gasteiger partial charge >= 0.3 is 0 Å². The molecule has 1 aliphatic rings. The molecule has 0 saturated heterocycles. The molecule has 4 heteroatoms. The minimum Gasteiger partial charge on any atom is -0.378 e. The standard InChI is InChI=1S/C18H20N2O2.2C2H6/c1-18(12-4-6-13(7-5-12)20(2)3)11-10-15-14(17(18)22)8-9-16(21)19-15;2*1-2/h4-9H,10-11H2,1-3H3,(H,19,21);2*1-2H3. The van der Waals surface area contributed by atoms with E-state index in [9.17, 15) is 9.59 Å². The summed E-state index contributed by atoms with van der Waals surface area (Å²) in [6.07, 6.45) is 1.42. The molecule has 0 fully saturated rings. The van der Waals surface area contributed by atoms with Crippen LogP contribution in [0, 0.1) is 0 Å². The van der Waals surface area contributed by atoms with E-state index in [-0.39, 0.29) is 11.3 Å². The van der Waals surface area contributed by atoms with Crippen LogP contribution in [-0.2, 0) is 11.8 Å². The van der Waals surface area contributed by atoms with Crippen LogP contribution in [0.4, 0.5) is 5.69 Å². The van der Waals surface area contributed by atoms with Gasteiger partial charge in [-0.1, -0.05) is 39.8 Å². The Morgan fingerprint density at radius 2 is 1.50 bits per heavy atom. The zero-order chi connectivity index (χ0) is 19.9. The van der Waals surface area contributed by atoms with Gasteiger partial charge in [0.2, 0.25) is 5.56 Å². The lowest BCUT2D eigenvalue weighted by Gasteiger charge is -2.33. The van der Waals surface area contributed by atoms with Crippen LogP contribution in [0.5, 0.6) is 0 Å². The summed E-state index contributed by atoms with van der Waals surface area (Å²) < 4.78 is 0. The van der Waals surface area contributed by atoms with Crippen molar-refractivity contribution in [3.8, 4) is 0 Å². The number of aromatic nitrogens is 1. The molecule has 1 aromatic carbocycles. The van der Waals surface area contributed by atoms with Crippen LogP contribution in [0.25, 0.3) is 0 Å². The van der Waals surface area contributed by atoms with Gasteiger partial charge in [-0.3, -0.25) is 9.59 Å². The molecule has 3 rings (SSSR count). The monoisotopic (exact) mass is 356 g/mol. The van der Waals surface area contributed by atoms with Crippen molar-refractivity contribution in [1.82, 2.24) is 4.98 Å². The highest BCUT2D eigenvalue weighted by Crippen LogP contribution is 2.37. The minimum absolute atomic E-state index is 0.0857. The largest absolute Gasteiger partial charge is 0.378 e. The molecule has 0 radical (unpaired) electrons. The number of ketones is 1. The number of pyridine rings is 1. The van der Waals surface area contributed by atoms with Gasteiger partial charge in [0.15, 0.2) is 5.78 Å². The average Bonchev–Trinajstić information content (AvgIpc) is 2.68. The van der Waals surface area contributed by atoms with Crippen molar-refractivity contribution in [2.45, 2.75) is 52.9 Å². The van der Waals surface area contributed by atoms with Crippen molar-refractivity contribution in [2.24, 2.45) is 0 Å². The third kappa shape index (κ3) is 4.24. The first-order chi connectivity index (χ1) is 12.4. The van der Waals surface area contributed by atoms with Crippen molar-refractivity contribution >= 4 is 11.5 Å². The molecule has 1 atom stereocenters. The van der Waals surface area contributed by atoms with Gasteiger partial charge in [0.1, 0.15) is 0 Å². The summed E-state index contributed by atoms with van der Waals surface area (Å²) in [7, 11) is 3.99. The number of carbonyl (C=O) groups is 1. The van der Waals surface area contributed by atoms with Gasteiger partial charge in [0, 0.05) is 37.1 Å². The number of anilines is 1. The zero-order valence-electron chi connectivity index (χ0n) is 17.1. The quantitative estimate of drug-likeness (QED) is 0.857. The van der Waals surface area contributed by atoms with Crippen molar-refractivity contribution in [1.29, 1.82) is 0 Å².